The summed E-state index contributed by atoms with van der Waals surface area (Å²) in [6, 6.07) is 12.6. The summed E-state index contributed by atoms with van der Waals surface area (Å²) in [6.07, 6.45) is -0.603. The Balaban J connectivity index is 1.88. The number of nitrogens with one attached hydrogen (secondary N) is 1. The van der Waals surface area contributed by atoms with Crippen molar-refractivity contribution in [1.82, 2.24) is 5.32 Å². The highest BCUT2D eigenvalue weighted by molar-refractivity contribution is 5.78. The zero-order chi connectivity index (χ0) is 16.8. The van der Waals surface area contributed by atoms with Crippen molar-refractivity contribution >= 4 is 5.91 Å². The molecule has 2 atom stereocenters. The predicted molar refractivity (Wildman–Crippen MR) is 83.7 cm³/mol. The molecule has 0 aliphatic rings. The van der Waals surface area contributed by atoms with Crippen LogP contribution < -0.4 is 5.32 Å². The standard InChI is InChI=1S/C18H19F2NO2/c1-12(10-16(22)13-6-3-2-4-7-13)21-17(23)11-14-8-5-9-15(19)18(14)20/h2-9,12,16,22H,10-11H2,1H3,(H,21,23). The highest BCUT2D eigenvalue weighted by Gasteiger charge is 2.16. The van der Waals surface area contributed by atoms with Crippen LogP contribution in [0.2, 0.25) is 0 Å². The first kappa shape index (κ1) is 17.1. The quantitative estimate of drug-likeness (QED) is 0.859. The summed E-state index contributed by atoms with van der Waals surface area (Å²) in [4.78, 5) is 11.9. The maximum absolute atomic E-state index is 13.5. The van der Waals surface area contributed by atoms with E-state index < -0.39 is 23.6 Å². The molecular weight excluding hydrogens is 300 g/mol. The second-order valence-electron chi connectivity index (χ2n) is 5.52. The molecule has 0 bridgehead atoms. The number of carbonyl (C=O) groups is 1. The lowest BCUT2D eigenvalue weighted by Gasteiger charge is -2.18. The Morgan fingerprint density at radius 1 is 1.13 bits per heavy atom. The maximum atomic E-state index is 13.5. The van der Waals surface area contributed by atoms with Gasteiger partial charge < -0.3 is 10.4 Å². The third-order valence-electron chi connectivity index (χ3n) is 3.55. The van der Waals surface area contributed by atoms with Gasteiger partial charge in [0.2, 0.25) is 5.91 Å². The summed E-state index contributed by atoms with van der Waals surface area (Å²) in [6.45, 7) is 1.76. The molecular formula is C18H19F2NO2. The van der Waals surface area contributed by atoms with Crippen LogP contribution in [0.1, 0.15) is 30.6 Å². The summed E-state index contributed by atoms with van der Waals surface area (Å²) in [7, 11) is 0. The Morgan fingerprint density at radius 3 is 2.52 bits per heavy atom. The molecule has 2 aromatic rings. The van der Waals surface area contributed by atoms with Gasteiger partial charge in [-0.05, 0) is 25.0 Å². The molecule has 2 unspecified atom stereocenters. The largest absolute Gasteiger partial charge is 0.388 e. The summed E-state index contributed by atoms with van der Waals surface area (Å²) in [5.41, 5.74) is 0.781. The number of carbonyl (C=O) groups excluding carboxylic acids is 1. The van der Waals surface area contributed by atoms with Gasteiger partial charge >= 0.3 is 0 Å². The van der Waals surface area contributed by atoms with Crippen LogP contribution in [0.5, 0.6) is 0 Å². The number of aliphatic hydroxyl groups is 1. The average Bonchev–Trinajstić information content (AvgIpc) is 2.52. The van der Waals surface area contributed by atoms with Gasteiger partial charge in [-0.2, -0.15) is 0 Å². The Bertz CT molecular complexity index is 661. The molecule has 3 nitrogen and oxygen atoms in total. The fourth-order valence-corrected chi connectivity index (χ4v) is 2.39. The van der Waals surface area contributed by atoms with Crippen LogP contribution >= 0.6 is 0 Å². The monoisotopic (exact) mass is 319 g/mol. The Labute approximate surface area is 134 Å². The lowest BCUT2D eigenvalue weighted by Crippen LogP contribution is -2.35. The van der Waals surface area contributed by atoms with E-state index >= 15 is 0 Å². The van der Waals surface area contributed by atoms with E-state index in [1.807, 2.05) is 18.2 Å². The molecule has 0 saturated carbocycles. The SMILES string of the molecule is CC(CC(O)c1ccccc1)NC(=O)Cc1cccc(F)c1F. The van der Waals surface area contributed by atoms with Gasteiger partial charge in [-0.25, -0.2) is 8.78 Å². The first-order valence-corrected chi connectivity index (χ1v) is 7.42. The number of halogens is 2. The molecule has 0 saturated heterocycles. The van der Waals surface area contributed by atoms with Gasteiger partial charge in [-0.3, -0.25) is 4.79 Å². The van der Waals surface area contributed by atoms with E-state index in [1.54, 1.807) is 19.1 Å². The highest BCUT2D eigenvalue weighted by atomic mass is 19.2. The minimum absolute atomic E-state index is 0.0123. The number of aliphatic hydroxyl groups excluding tert-OH is 1. The molecule has 5 heteroatoms. The molecule has 0 heterocycles. The molecule has 0 spiro atoms. The normalized spacial score (nSPS) is 13.4. The average molecular weight is 319 g/mol. The summed E-state index contributed by atoms with van der Waals surface area (Å²) in [5, 5.41) is 12.8. The van der Waals surface area contributed by atoms with Crippen LogP contribution in [0, 0.1) is 11.6 Å². The third kappa shape index (κ3) is 4.86. The molecule has 0 aliphatic carbocycles. The topological polar surface area (TPSA) is 49.3 Å². The van der Waals surface area contributed by atoms with E-state index in [0.717, 1.165) is 11.6 Å². The lowest BCUT2D eigenvalue weighted by molar-refractivity contribution is -0.121. The first-order valence-electron chi connectivity index (χ1n) is 7.42. The van der Waals surface area contributed by atoms with Crippen molar-refractivity contribution in [2.24, 2.45) is 0 Å². The van der Waals surface area contributed by atoms with Crippen molar-refractivity contribution in [2.75, 3.05) is 0 Å². The molecule has 0 aliphatic heterocycles. The van der Waals surface area contributed by atoms with Gasteiger partial charge in [0.1, 0.15) is 0 Å². The maximum Gasteiger partial charge on any atom is 0.224 e. The van der Waals surface area contributed by atoms with Crippen molar-refractivity contribution in [3.8, 4) is 0 Å². The summed E-state index contributed by atoms with van der Waals surface area (Å²) in [5.74, 6) is -2.38. The highest BCUT2D eigenvalue weighted by Crippen LogP contribution is 2.18. The van der Waals surface area contributed by atoms with Crippen LogP contribution in [0.15, 0.2) is 48.5 Å². The van der Waals surface area contributed by atoms with E-state index in [0.29, 0.717) is 6.42 Å². The van der Waals surface area contributed by atoms with Gasteiger partial charge in [0.15, 0.2) is 11.6 Å². The second kappa shape index (κ2) is 7.83. The number of benzene rings is 2. The smallest absolute Gasteiger partial charge is 0.224 e. The van der Waals surface area contributed by atoms with Crippen molar-refractivity contribution in [2.45, 2.75) is 31.9 Å². The fraction of sp³-hybridized carbons (Fsp3) is 0.278. The Hall–Kier alpha value is -2.27. The fourth-order valence-electron chi connectivity index (χ4n) is 2.39. The molecule has 2 aromatic carbocycles. The van der Waals surface area contributed by atoms with Gasteiger partial charge in [0, 0.05) is 11.6 Å². The Morgan fingerprint density at radius 2 is 1.83 bits per heavy atom. The number of hydrogen-bond acceptors (Lipinski definition) is 2. The molecule has 0 fully saturated rings. The van der Waals surface area contributed by atoms with Crippen LogP contribution in [0.3, 0.4) is 0 Å². The molecule has 122 valence electrons. The number of amides is 1. The van der Waals surface area contributed by atoms with E-state index in [4.69, 9.17) is 0 Å². The van der Waals surface area contributed by atoms with Crippen molar-refractivity contribution in [3.63, 3.8) is 0 Å². The zero-order valence-electron chi connectivity index (χ0n) is 12.8. The molecule has 2 N–H and O–H groups in total. The zero-order valence-corrected chi connectivity index (χ0v) is 12.8. The molecule has 0 aromatic heterocycles. The second-order valence-corrected chi connectivity index (χ2v) is 5.52. The van der Waals surface area contributed by atoms with Gasteiger partial charge in [-0.15, -0.1) is 0 Å². The minimum atomic E-state index is -1.00. The van der Waals surface area contributed by atoms with E-state index in [9.17, 15) is 18.7 Å². The number of rotatable bonds is 6. The van der Waals surface area contributed by atoms with Crippen LogP contribution in [-0.2, 0) is 11.2 Å². The minimum Gasteiger partial charge on any atom is -0.388 e. The predicted octanol–water partition coefficient (Wildman–Crippen LogP) is 3.14. The van der Waals surface area contributed by atoms with Gasteiger partial charge in [0.05, 0.1) is 12.5 Å². The van der Waals surface area contributed by atoms with Crippen LogP contribution in [0.4, 0.5) is 8.78 Å². The van der Waals surface area contributed by atoms with E-state index in [-0.39, 0.29) is 18.0 Å². The van der Waals surface area contributed by atoms with Crippen molar-refractivity contribution < 1.29 is 18.7 Å². The molecule has 23 heavy (non-hydrogen) atoms. The first-order chi connectivity index (χ1) is 11.0. The van der Waals surface area contributed by atoms with Gasteiger partial charge in [0.25, 0.3) is 0 Å². The lowest BCUT2D eigenvalue weighted by atomic mass is 10.0. The Kier molecular flexibility index (Phi) is 5.82. The molecule has 0 radical (unpaired) electrons. The van der Waals surface area contributed by atoms with Gasteiger partial charge in [-0.1, -0.05) is 42.5 Å². The number of hydrogen-bond donors (Lipinski definition) is 2. The molecule has 2 rings (SSSR count). The van der Waals surface area contributed by atoms with Crippen LogP contribution in [0.25, 0.3) is 0 Å². The van der Waals surface area contributed by atoms with E-state index in [1.165, 1.54) is 12.1 Å². The van der Waals surface area contributed by atoms with Crippen molar-refractivity contribution in [1.29, 1.82) is 0 Å². The van der Waals surface area contributed by atoms with Crippen LogP contribution in [-0.4, -0.2) is 17.1 Å². The third-order valence-corrected chi connectivity index (χ3v) is 3.55. The summed E-state index contributed by atoms with van der Waals surface area (Å²) >= 11 is 0. The van der Waals surface area contributed by atoms with E-state index in [2.05, 4.69) is 5.32 Å². The summed E-state index contributed by atoms with van der Waals surface area (Å²) < 4.78 is 26.6. The molecule has 1 amide bonds. The van der Waals surface area contributed by atoms with Crippen molar-refractivity contribution in [3.05, 3.63) is 71.3 Å².